The van der Waals surface area contributed by atoms with Crippen molar-refractivity contribution in [3.05, 3.63) is 77.9 Å². The van der Waals surface area contributed by atoms with Crippen molar-refractivity contribution in [3.8, 4) is 0 Å². The molecule has 0 bridgehead atoms. The fourth-order valence-electron chi connectivity index (χ4n) is 3.33. The van der Waals surface area contributed by atoms with Crippen LogP contribution in [0.4, 0.5) is 0 Å². The molecule has 3 rings (SSSR count). The molecule has 136 valence electrons. The molecule has 0 N–H and O–H groups in total. The molecule has 0 spiro atoms. The summed E-state index contributed by atoms with van der Waals surface area (Å²) in [6.45, 7) is 8.72. The van der Waals surface area contributed by atoms with Gasteiger partial charge in [0.15, 0.2) is 0 Å². The van der Waals surface area contributed by atoms with E-state index in [1.165, 1.54) is 15.5 Å². The van der Waals surface area contributed by atoms with Gasteiger partial charge in [-0.3, -0.25) is 0 Å². The summed E-state index contributed by atoms with van der Waals surface area (Å²) in [5, 5.41) is 1.69. The standard InChI is InChI=1S/C22H25NO2S/c1-4-14-23(16-19-13-12-17(2)18(3)15-19)26(24,25)22-11-7-9-20-8-5-6-10-21(20)22/h4-11,13H,1,12,14-16H2,2-3H3. The summed E-state index contributed by atoms with van der Waals surface area (Å²) in [5.41, 5.74) is 3.86. The van der Waals surface area contributed by atoms with Gasteiger partial charge < -0.3 is 0 Å². The summed E-state index contributed by atoms with van der Waals surface area (Å²) in [4.78, 5) is 0.359. The molecule has 0 aromatic heterocycles. The van der Waals surface area contributed by atoms with Crippen molar-refractivity contribution in [2.75, 3.05) is 13.1 Å². The molecule has 0 aliphatic heterocycles. The van der Waals surface area contributed by atoms with E-state index in [4.69, 9.17) is 0 Å². The van der Waals surface area contributed by atoms with E-state index >= 15 is 0 Å². The quantitative estimate of drug-likeness (QED) is 0.668. The molecule has 2 aromatic carbocycles. The molecule has 0 fully saturated rings. The van der Waals surface area contributed by atoms with E-state index in [9.17, 15) is 8.42 Å². The molecule has 26 heavy (non-hydrogen) atoms. The summed E-state index contributed by atoms with van der Waals surface area (Å²) in [6.07, 6.45) is 5.55. The molecule has 0 radical (unpaired) electrons. The van der Waals surface area contributed by atoms with Crippen molar-refractivity contribution in [1.82, 2.24) is 4.31 Å². The normalized spacial score (nSPS) is 15.4. The highest BCUT2D eigenvalue weighted by atomic mass is 32.2. The zero-order valence-corrected chi connectivity index (χ0v) is 16.2. The number of hydrogen-bond acceptors (Lipinski definition) is 2. The SMILES string of the molecule is C=CCN(CC1=CCC(C)=C(C)C1)S(=O)(=O)c1cccc2ccccc12. The highest BCUT2D eigenvalue weighted by Gasteiger charge is 2.26. The minimum absolute atomic E-state index is 0.296. The summed E-state index contributed by atoms with van der Waals surface area (Å²) < 4.78 is 28.3. The van der Waals surface area contributed by atoms with Crippen molar-refractivity contribution in [2.24, 2.45) is 0 Å². The summed E-state index contributed by atoms with van der Waals surface area (Å²) in [7, 11) is -3.62. The molecule has 3 nitrogen and oxygen atoms in total. The van der Waals surface area contributed by atoms with E-state index in [1.54, 1.807) is 18.2 Å². The highest BCUT2D eigenvalue weighted by molar-refractivity contribution is 7.89. The summed E-state index contributed by atoms with van der Waals surface area (Å²) >= 11 is 0. The maximum Gasteiger partial charge on any atom is 0.244 e. The molecule has 4 heteroatoms. The van der Waals surface area contributed by atoms with Crippen LogP contribution in [0.5, 0.6) is 0 Å². The molecule has 1 aliphatic rings. The van der Waals surface area contributed by atoms with Gasteiger partial charge in [0.2, 0.25) is 10.0 Å². The fourth-order valence-corrected chi connectivity index (χ4v) is 4.96. The van der Waals surface area contributed by atoms with E-state index in [1.807, 2.05) is 30.3 Å². The van der Waals surface area contributed by atoms with Crippen molar-refractivity contribution in [1.29, 1.82) is 0 Å². The molecular weight excluding hydrogens is 342 g/mol. The first-order valence-corrected chi connectivity index (χ1v) is 10.3. The Morgan fingerprint density at radius 3 is 2.54 bits per heavy atom. The van der Waals surface area contributed by atoms with Crippen molar-refractivity contribution in [3.63, 3.8) is 0 Å². The van der Waals surface area contributed by atoms with Crippen LogP contribution in [0, 0.1) is 0 Å². The van der Waals surface area contributed by atoms with Crippen LogP contribution in [0.3, 0.4) is 0 Å². The minimum Gasteiger partial charge on any atom is -0.207 e. The molecule has 1 aliphatic carbocycles. The smallest absolute Gasteiger partial charge is 0.207 e. The Morgan fingerprint density at radius 2 is 1.81 bits per heavy atom. The molecule has 0 saturated heterocycles. The monoisotopic (exact) mass is 367 g/mol. The second-order valence-corrected chi connectivity index (χ2v) is 8.77. The predicted octanol–water partition coefficient (Wildman–Crippen LogP) is 5.07. The van der Waals surface area contributed by atoms with Crippen LogP contribution in [0.1, 0.15) is 26.7 Å². The number of nitrogens with zero attached hydrogens (tertiary/aromatic N) is 1. The van der Waals surface area contributed by atoms with Crippen LogP contribution in [0.15, 0.2) is 82.8 Å². The number of fused-ring (bicyclic) bond motifs is 1. The van der Waals surface area contributed by atoms with Gasteiger partial charge in [-0.2, -0.15) is 4.31 Å². The largest absolute Gasteiger partial charge is 0.244 e. The molecule has 0 saturated carbocycles. The van der Waals surface area contributed by atoms with Crippen LogP contribution in [-0.2, 0) is 10.0 Å². The maximum atomic E-state index is 13.4. The van der Waals surface area contributed by atoms with E-state index in [0.29, 0.717) is 18.0 Å². The molecule has 0 unspecified atom stereocenters. The first kappa shape index (κ1) is 18.6. The molecule has 0 heterocycles. The first-order valence-electron chi connectivity index (χ1n) is 8.85. The lowest BCUT2D eigenvalue weighted by Gasteiger charge is -2.25. The van der Waals surface area contributed by atoms with E-state index in [0.717, 1.165) is 29.2 Å². The van der Waals surface area contributed by atoms with E-state index in [2.05, 4.69) is 26.5 Å². The Bertz CT molecular complexity index is 994. The number of allylic oxidation sites excluding steroid dienone is 3. The van der Waals surface area contributed by atoms with Gasteiger partial charge in [0.25, 0.3) is 0 Å². The van der Waals surface area contributed by atoms with Crippen LogP contribution >= 0.6 is 0 Å². The van der Waals surface area contributed by atoms with Crippen LogP contribution in [0.2, 0.25) is 0 Å². The predicted molar refractivity (Wildman–Crippen MR) is 109 cm³/mol. The van der Waals surface area contributed by atoms with Crippen LogP contribution in [0.25, 0.3) is 10.8 Å². The van der Waals surface area contributed by atoms with Crippen molar-refractivity contribution < 1.29 is 8.42 Å². The molecule has 0 atom stereocenters. The lowest BCUT2D eigenvalue weighted by molar-refractivity contribution is 0.464. The third-order valence-electron chi connectivity index (χ3n) is 5.00. The third-order valence-corrected chi connectivity index (χ3v) is 6.87. The second-order valence-electron chi connectivity index (χ2n) is 6.87. The molecule has 2 aromatic rings. The average Bonchev–Trinajstić information content (AvgIpc) is 2.64. The van der Waals surface area contributed by atoms with E-state index in [-0.39, 0.29) is 0 Å². The summed E-state index contributed by atoms with van der Waals surface area (Å²) in [5.74, 6) is 0. The van der Waals surface area contributed by atoms with Gasteiger partial charge >= 0.3 is 0 Å². The van der Waals surface area contributed by atoms with Crippen LogP contribution < -0.4 is 0 Å². The van der Waals surface area contributed by atoms with E-state index < -0.39 is 10.0 Å². The van der Waals surface area contributed by atoms with Gasteiger partial charge in [0.05, 0.1) is 4.90 Å². The zero-order chi connectivity index (χ0) is 18.7. The number of sulfonamides is 1. The lowest BCUT2D eigenvalue weighted by Crippen LogP contribution is -2.33. The Hall–Kier alpha value is -2.17. The number of hydrogen-bond donors (Lipinski definition) is 0. The first-order chi connectivity index (χ1) is 12.4. The Labute approximate surface area is 156 Å². The lowest BCUT2D eigenvalue weighted by atomic mass is 9.93. The van der Waals surface area contributed by atoms with Gasteiger partial charge in [0, 0.05) is 18.5 Å². The van der Waals surface area contributed by atoms with Gasteiger partial charge in [-0.25, -0.2) is 8.42 Å². The Balaban J connectivity index is 1.97. The Kier molecular flexibility index (Phi) is 5.44. The van der Waals surface area contributed by atoms with Gasteiger partial charge in [-0.1, -0.05) is 65.3 Å². The highest BCUT2D eigenvalue weighted by Crippen LogP contribution is 2.29. The Morgan fingerprint density at radius 1 is 1.08 bits per heavy atom. The van der Waals surface area contributed by atoms with Gasteiger partial charge in [-0.05, 0) is 38.1 Å². The third kappa shape index (κ3) is 3.67. The maximum absolute atomic E-state index is 13.4. The number of benzene rings is 2. The van der Waals surface area contributed by atoms with Gasteiger partial charge in [0.1, 0.15) is 0 Å². The molecule has 0 amide bonds. The fraction of sp³-hybridized carbons (Fsp3) is 0.273. The van der Waals surface area contributed by atoms with Crippen LogP contribution in [-0.4, -0.2) is 25.8 Å². The van der Waals surface area contributed by atoms with Crippen molar-refractivity contribution in [2.45, 2.75) is 31.6 Å². The minimum atomic E-state index is -3.62. The average molecular weight is 368 g/mol. The summed E-state index contributed by atoms with van der Waals surface area (Å²) in [6, 6.07) is 13.0. The topological polar surface area (TPSA) is 37.4 Å². The number of rotatable bonds is 6. The zero-order valence-electron chi connectivity index (χ0n) is 15.4. The van der Waals surface area contributed by atoms with Crippen molar-refractivity contribution >= 4 is 20.8 Å². The second kappa shape index (κ2) is 7.60. The van der Waals surface area contributed by atoms with Gasteiger partial charge in [-0.15, -0.1) is 6.58 Å². The molecular formula is C22H25NO2S.